The van der Waals surface area contributed by atoms with Gasteiger partial charge in [-0.3, -0.25) is 0 Å². The van der Waals surface area contributed by atoms with Gasteiger partial charge in [0.25, 0.3) is 0 Å². The van der Waals surface area contributed by atoms with Crippen LogP contribution in [-0.2, 0) is 4.74 Å². The summed E-state index contributed by atoms with van der Waals surface area (Å²) in [6, 6.07) is 0.576. The minimum absolute atomic E-state index is 0.203. The van der Waals surface area contributed by atoms with Gasteiger partial charge in [0.05, 0.1) is 12.7 Å². The van der Waals surface area contributed by atoms with Gasteiger partial charge in [-0.2, -0.15) is 0 Å². The molecule has 3 atom stereocenters. The van der Waals surface area contributed by atoms with Crippen LogP contribution in [-0.4, -0.2) is 24.3 Å². The second kappa shape index (κ2) is 3.74. The van der Waals surface area contributed by atoms with E-state index < -0.39 is 0 Å². The highest BCUT2D eigenvalue weighted by Crippen LogP contribution is 2.39. The number of hydrogen-bond donors (Lipinski definition) is 1. The Morgan fingerprint density at radius 3 is 2.73 bits per heavy atom. The molecule has 88 valence electrons. The van der Waals surface area contributed by atoms with E-state index in [1.165, 1.54) is 19.3 Å². The maximum absolute atomic E-state index is 6.02. The Hall–Kier alpha value is -0.0800. The minimum atomic E-state index is 0.203. The summed E-state index contributed by atoms with van der Waals surface area (Å²) in [5, 5.41) is 3.81. The van der Waals surface area contributed by atoms with E-state index in [9.17, 15) is 0 Å². The lowest BCUT2D eigenvalue weighted by atomic mass is 9.72. The summed E-state index contributed by atoms with van der Waals surface area (Å²) in [6.45, 7) is 10.2. The first kappa shape index (κ1) is 11.4. The van der Waals surface area contributed by atoms with Crippen LogP contribution in [0.3, 0.4) is 0 Å². The summed E-state index contributed by atoms with van der Waals surface area (Å²) in [7, 11) is 0. The van der Waals surface area contributed by atoms with Crippen molar-refractivity contribution in [2.24, 2.45) is 5.41 Å². The summed E-state index contributed by atoms with van der Waals surface area (Å²) in [6.07, 6.45) is 5.41. The van der Waals surface area contributed by atoms with Gasteiger partial charge in [-0.15, -0.1) is 0 Å². The molecule has 0 bridgehead atoms. The quantitative estimate of drug-likeness (QED) is 0.720. The molecule has 3 unspecified atom stereocenters. The highest BCUT2D eigenvalue weighted by atomic mass is 16.5. The van der Waals surface area contributed by atoms with Gasteiger partial charge in [0.1, 0.15) is 0 Å². The van der Waals surface area contributed by atoms with Crippen molar-refractivity contribution < 1.29 is 4.74 Å². The molecule has 2 nitrogen and oxygen atoms in total. The fraction of sp³-hybridized carbons (Fsp3) is 1.00. The zero-order valence-electron chi connectivity index (χ0n) is 10.6. The van der Waals surface area contributed by atoms with Crippen LogP contribution in [0.15, 0.2) is 0 Å². The van der Waals surface area contributed by atoms with Crippen molar-refractivity contribution in [3.8, 4) is 0 Å². The first-order chi connectivity index (χ1) is 6.94. The normalized spacial score (nSPS) is 44.8. The van der Waals surface area contributed by atoms with E-state index in [0.29, 0.717) is 17.6 Å². The Kier molecular flexibility index (Phi) is 2.85. The van der Waals surface area contributed by atoms with Crippen LogP contribution < -0.4 is 5.32 Å². The van der Waals surface area contributed by atoms with Crippen LogP contribution in [0.1, 0.15) is 53.4 Å². The molecule has 0 aromatic heterocycles. The third-order valence-corrected chi connectivity index (χ3v) is 4.26. The van der Waals surface area contributed by atoms with Crippen molar-refractivity contribution >= 4 is 0 Å². The highest BCUT2D eigenvalue weighted by Gasteiger charge is 2.42. The molecular weight excluding hydrogens is 186 g/mol. The third-order valence-electron chi connectivity index (χ3n) is 4.26. The van der Waals surface area contributed by atoms with E-state index in [0.717, 1.165) is 13.0 Å². The Morgan fingerprint density at radius 1 is 1.33 bits per heavy atom. The first-order valence-corrected chi connectivity index (χ1v) is 6.33. The smallest absolute Gasteiger partial charge is 0.0729 e. The summed E-state index contributed by atoms with van der Waals surface area (Å²) in [5.41, 5.74) is 0.693. The van der Waals surface area contributed by atoms with Crippen molar-refractivity contribution in [3.63, 3.8) is 0 Å². The predicted molar refractivity (Wildman–Crippen MR) is 63.0 cm³/mol. The molecule has 1 aliphatic heterocycles. The Labute approximate surface area is 93.8 Å². The molecule has 2 fully saturated rings. The lowest BCUT2D eigenvalue weighted by Crippen LogP contribution is -2.63. The van der Waals surface area contributed by atoms with Gasteiger partial charge in [-0.1, -0.05) is 20.8 Å². The van der Waals surface area contributed by atoms with Crippen LogP contribution in [0.4, 0.5) is 0 Å². The summed E-state index contributed by atoms with van der Waals surface area (Å²) in [5.74, 6) is 0. The van der Waals surface area contributed by atoms with Crippen LogP contribution in [0, 0.1) is 5.41 Å². The second-order valence-electron chi connectivity index (χ2n) is 6.42. The lowest BCUT2D eigenvalue weighted by molar-refractivity contribution is -0.0912. The number of fused-ring (bicyclic) bond motifs is 1. The van der Waals surface area contributed by atoms with Crippen molar-refractivity contribution in [3.05, 3.63) is 0 Å². The van der Waals surface area contributed by atoms with E-state index in [2.05, 4.69) is 33.0 Å². The lowest BCUT2D eigenvalue weighted by Gasteiger charge is -2.49. The molecule has 2 rings (SSSR count). The van der Waals surface area contributed by atoms with Crippen molar-refractivity contribution in [1.82, 2.24) is 5.32 Å². The molecule has 0 aromatic carbocycles. The van der Waals surface area contributed by atoms with E-state index in [1.54, 1.807) is 0 Å². The molecule has 0 spiro atoms. The van der Waals surface area contributed by atoms with E-state index in [4.69, 9.17) is 4.74 Å². The fourth-order valence-corrected chi connectivity index (χ4v) is 2.89. The number of ether oxygens (including phenoxy) is 1. The van der Waals surface area contributed by atoms with Crippen molar-refractivity contribution in [2.75, 3.05) is 6.61 Å². The van der Waals surface area contributed by atoms with Gasteiger partial charge in [0.15, 0.2) is 0 Å². The summed E-state index contributed by atoms with van der Waals surface area (Å²) >= 11 is 0. The molecule has 1 aliphatic carbocycles. The molecule has 0 radical (unpaired) electrons. The van der Waals surface area contributed by atoms with Crippen LogP contribution in [0.2, 0.25) is 0 Å². The van der Waals surface area contributed by atoms with Crippen molar-refractivity contribution in [1.29, 1.82) is 0 Å². The molecule has 15 heavy (non-hydrogen) atoms. The molecule has 1 saturated carbocycles. The van der Waals surface area contributed by atoms with Crippen LogP contribution >= 0.6 is 0 Å². The molecule has 1 N–H and O–H groups in total. The Balaban J connectivity index is 2.04. The van der Waals surface area contributed by atoms with Gasteiger partial charge in [0.2, 0.25) is 0 Å². The van der Waals surface area contributed by atoms with Gasteiger partial charge >= 0.3 is 0 Å². The van der Waals surface area contributed by atoms with Gasteiger partial charge < -0.3 is 10.1 Å². The number of hydrogen-bond acceptors (Lipinski definition) is 2. The average Bonchev–Trinajstić information content (AvgIpc) is 2.16. The van der Waals surface area contributed by atoms with E-state index in [1.807, 2.05) is 0 Å². The van der Waals surface area contributed by atoms with Crippen LogP contribution in [0.5, 0.6) is 0 Å². The molecule has 1 saturated heterocycles. The van der Waals surface area contributed by atoms with Gasteiger partial charge in [-0.25, -0.2) is 0 Å². The molecular formula is C13H25NO. The fourth-order valence-electron chi connectivity index (χ4n) is 2.89. The zero-order chi connectivity index (χ0) is 11.1. The molecule has 0 amide bonds. The predicted octanol–water partition coefficient (Wildman–Crippen LogP) is 2.72. The Bertz CT molecular complexity index is 239. The summed E-state index contributed by atoms with van der Waals surface area (Å²) in [4.78, 5) is 0. The SMILES string of the molecule is CCC1(C)COC2CCC(C)(C)CC2N1. The minimum Gasteiger partial charge on any atom is -0.375 e. The molecule has 1 heterocycles. The third kappa shape index (κ3) is 2.36. The van der Waals surface area contributed by atoms with E-state index in [-0.39, 0.29) is 5.54 Å². The van der Waals surface area contributed by atoms with Crippen molar-refractivity contribution in [2.45, 2.75) is 71.1 Å². The number of rotatable bonds is 1. The second-order valence-corrected chi connectivity index (χ2v) is 6.42. The topological polar surface area (TPSA) is 21.3 Å². The van der Waals surface area contributed by atoms with Gasteiger partial charge in [-0.05, 0) is 38.0 Å². The summed E-state index contributed by atoms with van der Waals surface area (Å²) < 4.78 is 6.02. The van der Waals surface area contributed by atoms with Gasteiger partial charge in [0, 0.05) is 11.6 Å². The number of morpholine rings is 1. The zero-order valence-corrected chi connectivity index (χ0v) is 10.6. The monoisotopic (exact) mass is 211 g/mol. The highest BCUT2D eigenvalue weighted by molar-refractivity contribution is 4.98. The Morgan fingerprint density at radius 2 is 2.07 bits per heavy atom. The molecule has 0 aromatic rings. The largest absolute Gasteiger partial charge is 0.375 e. The standard InChI is InChI=1S/C13H25NO/c1-5-13(4)9-15-11-6-7-12(2,3)8-10(11)14-13/h10-11,14H,5-9H2,1-4H3. The maximum Gasteiger partial charge on any atom is 0.0729 e. The maximum atomic E-state index is 6.02. The van der Waals surface area contributed by atoms with Crippen LogP contribution in [0.25, 0.3) is 0 Å². The average molecular weight is 211 g/mol. The van der Waals surface area contributed by atoms with E-state index >= 15 is 0 Å². The first-order valence-electron chi connectivity index (χ1n) is 6.33. The molecule has 2 aliphatic rings. The number of nitrogens with one attached hydrogen (secondary N) is 1. The molecule has 2 heteroatoms.